The van der Waals surface area contributed by atoms with Crippen molar-refractivity contribution in [1.82, 2.24) is 14.9 Å². The number of nitrogens with two attached hydrogens (primary N) is 1. The molecular formula is C13H23N5. The summed E-state index contributed by atoms with van der Waals surface area (Å²) in [5.41, 5.74) is 5.85. The highest BCUT2D eigenvalue weighted by molar-refractivity contribution is 5.47. The monoisotopic (exact) mass is 249 g/mol. The first-order valence-corrected chi connectivity index (χ1v) is 6.56. The molecule has 5 heteroatoms. The molecule has 18 heavy (non-hydrogen) atoms. The molecule has 0 aliphatic heterocycles. The van der Waals surface area contributed by atoms with E-state index in [-0.39, 0.29) is 0 Å². The van der Waals surface area contributed by atoms with Crippen LogP contribution in [0.3, 0.4) is 0 Å². The zero-order valence-corrected chi connectivity index (χ0v) is 11.6. The molecule has 1 aromatic rings. The zero-order chi connectivity index (χ0) is 13.1. The van der Waals surface area contributed by atoms with Crippen molar-refractivity contribution in [3.05, 3.63) is 11.9 Å². The van der Waals surface area contributed by atoms with Crippen molar-refractivity contribution in [2.24, 2.45) is 0 Å². The summed E-state index contributed by atoms with van der Waals surface area (Å²) in [5.74, 6) is 3.00. The van der Waals surface area contributed by atoms with Crippen LogP contribution >= 0.6 is 0 Å². The largest absolute Gasteiger partial charge is 0.384 e. The van der Waals surface area contributed by atoms with Gasteiger partial charge in [0.1, 0.15) is 17.5 Å². The van der Waals surface area contributed by atoms with E-state index >= 15 is 0 Å². The molecule has 1 fully saturated rings. The fraction of sp³-hybridized carbons (Fsp3) is 0.692. The predicted octanol–water partition coefficient (Wildman–Crippen LogP) is 1.32. The van der Waals surface area contributed by atoms with E-state index in [9.17, 15) is 0 Å². The lowest BCUT2D eigenvalue weighted by Crippen LogP contribution is -2.24. The van der Waals surface area contributed by atoms with E-state index in [0.717, 1.165) is 31.2 Å². The van der Waals surface area contributed by atoms with Crippen molar-refractivity contribution in [1.29, 1.82) is 0 Å². The summed E-state index contributed by atoms with van der Waals surface area (Å²) in [4.78, 5) is 13.3. The van der Waals surface area contributed by atoms with Crippen LogP contribution in [0.2, 0.25) is 0 Å². The molecule has 5 nitrogen and oxygen atoms in total. The lowest BCUT2D eigenvalue weighted by atomic mass is 10.3. The Labute approximate surface area is 109 Å². The maximum atomic E-state index is 5.85. The molecule has 1 saturated carbocycles. The van der Waals surface area contributed by atoms with E-state index in [1.54, 1.807) is 0 Å². The molecular weight excluding hydrogens is 226 g/mol. The van der Waals surface area contributed by atoms with Gasteiger partial charge in [-0.2, -0.15) is 0 Å². The van der Waals surface area contributed by atoms with Gasteiger partial charge in [-0.15, -0.1) is 0 Å². The smallest absolute Gasteiger partial charge is 0.136 e. The van der Waals surface area contributed by atoms with Crippen LogP contribution < -0.4 is 10.6 Å². The van der Waals surface area contributed by atoms with E-state index in [4.69, 9.17) is 5.73 Å². The van der Waals surface area contributed by atoms with Gasteiger partial charge in [0.05, 0.1) is 0 Å². The van der Waals surface area contributed by atoms with Crippen molar-refractivity contribution in [2.75, 3.05) is 44.9 Å². The van der Waals surface area contributed by atoms with Crippen LogP contribution in [0.15, 0.2) is 6.07 Å². The molecule has 100 valence electrons. The number of hydrogen-bond acceptors (Lipinski definition) is 5. The summed E-state index contributed by atoms with van der Waals surface area (Å²) in [6.07, 6.45) is 3.52. The molecule has 0 saturated heterocycles. The molecule has 1 aliphatic rings. The summed E-state index contributed by atoms with van der Waals surface area (Å²) >= 11 is 0. The van der Waals surface area contributed by atoms with Crippen LogP contribution in [0.5, 0.6) is 0 Å². The van der Waals surface area contributed by atoms with Gasteiger partial charge in [-0.25, -0.2) is 9.97 Å². The third-order valence-electron chi connectivity index (χ3n) is 3.18. The molecule has 0 radical (unpaired) electrons. The number of rotatable bonds is 6. The Hall–Kier alpha value is -1.36. The van der Waals surface area contributed by atoms with Crippen molar-refractivity contribution in [2.45, 2.75) is 25.2 Å². The third kappa shape index (κ3) is 3.57. The van der Waals surface area contributed by atoms with E-state index in [2.05, 4.69) is 40.9 Å². The average molecular weight is 249 g/mol. The van der Waals surface area contributed by atoms with Gasteiger partial charge in [-0.05, 0) is 39.9 Å². The minimum absolute atomic E-state index is 0.544. The van der Waals surface area contributed by atoms with Crippen LogP contribution in [0.4, 0.5) is 11.6 Å². The first kappa shape index (κ1) is 13.1. The van der Waals surface area contributed by atoms with Gasteiger partial charge < -0.3 is 15.5 Å². The number of nitrogen functional groups attached to an aromatic ring is 1. The molecule has 2 N–H and O–H groups in total. The standard InChI is InChI=1S/C13H23N5/c1-17(2)7-4-8-18(3)12-9-11(14)15-13(16-12)10-5-6-10/h9-10H,4-8H2,1-3H3,(H2,14,15,16). The minimum Gasteiger partial charge on any atom is -0.384 e. The summed E-state index contributed by atoms with van der Waals surface area (Å²) in [7, 11) is 6.25. The van der Waals surface area contributed by atoms with Crippen LogP contribution in [0.1, 0.15) is 31.0 Å². The molecule has 0 amide bonds. The number of aromatic nitrogens is 2. The number of nitrogens with zero attached hydrogens (tertiary/aromatic N) is 4. The lowest BCUT2D eigenvalue weighted by Gasteiger charge is -2.20. The molecule has 0 atom stereocenters. The maximum Gasteiger partial charge on any atom is 0.136 e. The maximum absolute atomic E-state index is 5.85. The summed E-state index contributed by atoms with van der Waals surface area (Å²) in [5, 5.41) is 0. The van der Waals surface area contributed by atoms with Gasteiger partial charge in [0, 0.05) is 25.6 Å². The predicted molar refractivity (Wildman–Crippen MR) is 74.9 cm³/mol. The summed E-state index contributed by atoms with van der Waals surface area (Å²) < 4.78 is 0. The van der Waals surface area contributed by atoms with Crippen molar-refractivity contribution < 1.29 is 0 Å². The molecule has 0 aromatic carbocycles. The second kappa shape index (κ2) is 5.52. The van der Waals surface area contributed by atoms with Crippen molar-refractivity contribution in [3.63, 3.8) is 0 Å². The molecule has 1 heterocycles. The fourth-order valence-corrected chi connectivity index (χ4v) is 1.93. The number of hydrogen-bond donors (Lipinski definition) is 1. The first-order chi connectivity index (χ1) is 8.56. The van der Waals surface area contributed by atoms with Crippen molar-refractivity contribution >= 4 is 11.6 Å². The minimum atomic E-state index is 0.544. The fourth-order valence-electron chi connectivity index (χ4n) is 1.93. The SMILES string of the molecule is CN(C)CCCN(C)c1cc(N)nc(C2CC2)n1. The molecule has 0 unspecified atom stereocenters. The van der Waals surface area contributed by atoms with Crippen LogP contribution in [0.25, 0.3) is 0 Å². The Morgan fingerprint density at radius 2 is 1.94 bits per heavy atom. The Morgan fingerprint density at radius 1 is 1.22 bits per heavy atom. The third-order valence-corrected chi connectivity index (χ3v) is 3.18. The van der Waals surface area contributed by atoms with Gasteiger partial charge >= 0.3 is 0 Å². The summed E-state index contributed by atoms with van der Waals surface area (Å²) in [6, 6.07) is 1.86. The zero-order valence-electron chi connectivity index (χ0n) is 11.6. The van der Waals surface area contributed by atoms with Crippen LogP contribution in [-0.2, 0) is 0 Å². The second-order valence-electron chi connectivity index (χ2n) is 5.36. The van der Waals surface area contributed by atoms with Crippen LogP contribution in [0, 0.1) is 0 Å². The van der Waals surface area contributed by atoms with Crippen LogP contribution in [-0.4, -0.2) is 49.1 Å². The van der Waals surface area contributed by atoms with E-state index in [0.29, 0.717) is 11.7 Å². The highest BCUT2D eigenvalue weighted by Crippen LogP contribution is 2.38. The normalized spacial score (nSPS) is 15.1. The van der Waals surface area contributed by atoms with Gasteiger partial charge in [-0.1, -0.05) is 0 Å². The Bertz CT molecular complexity index is 400. The van der Waals surface area contributed by atoms with Crippen molar-refractivity contribution in [3.8, 4) is 0 Å². The van der Waals surface area contributed by atoms with Gasteiger partial charge in [0.15, 0.2) is 0 Å². The van der Waals surface area contributed by atoms with E-state index < -0.39 is 0 Å². The molecule has 0 bridgehead atoms. The summed E-state index contributed by atoms with van der Waals surface area (Å²) in [6.45, 7) is 2.07. The lowest BCUT2D eigenvalue weighted by molar-refractivity contribution is 0.401. The topological polar surface area (TPSA) is 58.3 Å². The average Bonchev–Trinajstić information content (AvgIpc) is 3.11. The highest BCUT2D eigenvalue weighted by atomic mass is 15.2. The molecule has 2 rings (SSSR count). The van der Waals surface area contributed by atoms with Gasteiger partial charge in [0.25, 0.3) is 0 Å². The molecule has 0 spiro atoms. The quantitative estimate of drug-likeness (QED) is 0.824. The number of anilines is 2. The van der Waals surface area contributed by atoms with Gasteiger partial charge in [0.2, 0.25) is 0 Å². The molecule has 1 aromatic heterocycles. The van der Waals surface area contributed by atoms with E-state index in [1.807, 2.05) is 6.07 Å². The van der Waals surface area contributed by atoms with E-state index in [1.165, 1.54) is 12.8 Å². The van der Waals surface area contributed by atoms with Gasteiger partial charge in [-0.3, -0.25) is 0 Å². The second-order valence-corrected chi connectivity index (χ2v) is 5.36. The Balaban J connectivity index is 1.98. The molecule has 1 aliphatic carbocycles. The first-order valence-electron chi connectivity index (χ1n) is 6.56. The highest BCUT2D eigenvalue weighted by Gasteiger charge is 2.27. The Morgan fingerprint density at radius 3 is 2.56 bits per heavy atom. The Kier molecular flexibility index (Phi) is 4.01.